The molecule has 0 unspecified atom stereocenters. The minimum Gasteiger partial charge on any atom is -0.451 e. The summed E-state index contributed by atoms with van der Waals surface area (Å²) >= 11 is 0. The first-order chi connectivity index (χ1) is 14.6. The monoisotopic (exact) mass is 402 g/mol. The van der Waals surface area contributed by atoms with E-state index >= 15 is 0 Å². The lowest BCUT2D eigenvalue weighted by Crippen LogP contribution is -2.36. The molecular formula is C25H26N2O3. The van der Waals surface area contributed by atoms with Crippen molar-refractivity contribution in [3.8, 4) is 11.3 Å². The molecule has 0 radical (unpaired) electrons. The van der Waals surface area contributed by atoms with Crippen LogP contribution in [0.4, 0.5) is 0 Å². The highest BCUT2D eigenvalue weighted by Gasteiger charge is 2.24. The van der Waals surface area contributed by atoms with Crippen molar-refractivity contribution in [2.24, 2.45) is 0 Å². The number of likely N-dealkylation sites (tertiary alicyclic amines) is 1. The smallest absolute Gasteiger partial charge is 0.287 e. The van der Waals surface area contributed by atoms with E-state index in [1.807, 2.05) is 30.3 Å². The average molecular weight is 402 g/mol. The van der Waals surface area contributed by atoms with Crippen molar-refractivity contribution in [2.75, 3.05) is 19.6 Å². The summed E-state index contributed by atoms with van der Waals surface area (Å²) < 4.78 is 5.78. The zero-order valence-corrected chi connectivity index (χ0v) is 17.1. The Bertz CT molecular complexity index is 1000. The van der Waals surface area contributed by atoms with E-state index in [1.54, 1.807) is 24.3 Å². The zero-order valence-electron chi connectivity index (χ0n) is 17.1. The van der Waals surface area contributed by atoms with Gasteiger partial charge >= 0.3 is 0 Å². The molecule has 1 saturated heterocycles. The fourth-order valence-electron chi connectivity index (χ4n) is 3.95. The summed E-state index contributed by atoms with van der Waals surface area (Å²) in [4.78, 5) is 26.6. The van der Waals surface area contributed by atoms with Crippen LogP contribution in [-0.2, 0) is 0 Å². The standard InChI is InChI=1S/C25H26N2O3/c1-18(28)19-9-11-21(12-10-19)23-13-14-24(30-23)25(29)26-17-22(27-15-5-6-16-27)20-7-3-2-4-8-20/h2-4,7-14,22H,5-6,15-17H2,1H3,(H,26,29)/t22-/m0/s1. The highest BCUT2D eigenvalue weighted by molar-refractivity contribution is 5.94. The van der Waals surface area contributed by atoms with Gasteiger partial charge in [0.1, 0.15) is 5.76 Å². The van der Waals surface area contributed by atoms with Crippen molar-refractivity contribution >= 4 is 11.7 Å². The van der Waals surface area contributed by atoms with Gasteiger partial charge in [-0.05, 0) is 50.6 Å². The molecule has 0 bridgehead atoms. The van der Waals surface area contributed by atoms with E-state index in [-0.39, 0.29) is 23.5 Å². The zero-order chi connectivity index (χ0) is 20.9. The number of Topliss-reactive ketones (excluding diaryl/α,β-unsaturated/α-hetero) is 1. The first-order valence-corrected chi connectivity index (χ1v) is 10.4. The first kappa shape index (κ1) is 20.1. The van der Waals surface area contributed by atoms with Crippen LogP contribution in [0.25, 0.3) is 11.3 Å². The predicted octanol–water partition coefficient (Wildman–Crippen LogP) is 4.72. The van der Waals surface area contributed by atoms with E-state index in [9.17, 15) is 9.59 Å². The molecule has 5 nitrogen and oxygen atoms in total. The van der Waals surface area contributed by atoms with Gasteiger partial charge in [-0.2, -0.15) is 0 Å². The largest absolute Gasteiger partial charge is 0.451 e. The molecule has 1 amide bonds. The maximum atomic E-state index is 12.7. The van der Waals surface area contributed by atoms with Crippen molar-refractivity contribution in [3.63, 3.8) is 0 Å². The van der Waals surface area contributed by atoms with Crippen molar-refractivity contribution in [3.05, 3.63) is 83.6 Å². The topological polar surface area (TPSA) is 62.6 Å². The number of nitrogens with one attached hydrogen (secondary N) is 1. The molecule has 0 aliphatic carbocycles. The van der Waals surface area contributed by atoms with Gasteiger partial charge in [0, 0.05) is 17.7 Å². The second-order valence-electron chi connectivity index (χ2n) is 7.68. The molecule has 0 spiro atoms. The minimum atomic E-state index is -0.221. The summed E-state index contributed by atoms with van der Waals surface area (Å²) in [6.07, 6.45) is 2.39. The normalized spacial score (nSPS) is 15.1. The second-order valence-corrected chi connectivity index (χ2v) is 7.68. The van der Waals surface area contributed by atoms with Gasteiger partial charge in [-0.3, -0.25) is 14.5 Å². The van der Waals surface area contributed by atoms with E-state index in [4.69, 9.17) is 4.42 Å². The SMILES string of the molecule is CC(=O)c1ccc(-c2ccc(C(=O)NC[C@@H](c3ccccc3)N3CCCC3)o2)cc1. The molecule has 4 rings (SSSR count). The van der Waals surface area contributed by atoms with Gasteiger partial charge in [0.2, 0.25) is 0 Å². The maximum absolute atomic E-state index is 12.7. The lowest BCUT2D eigenvalue weighted by atomic mass is 10.1. The molecule has 30 heavy (non-hydrogen) atoms. The van der Waals surface area contributed by atoms with Crippen molar-refractivity contribution in [2.45, 2.75) is 25.8 Å². The van der Waals surface area contributed by atoms with Crippen molar-refractivity contribution in [1.82, 2.24) is 10.2 Å². The van der Waals surface area contributed by atoms with Crippen LogP contribution in [0.3, 0.4) is 0 Å². The van der Waals surface area contributed by atoms with E-state index < -0.39 is 0 Å². The molecule has 1 fully saturated rings. The third kappa shape index (κ3) is 4.52. The molecular weight excluding hydrogens is 376 g/mol. The van der Waals surface area contributed by atoms with E-state index in [0.29, 0.717) is 17.9 Å². The molecule has 1 atom stereocenters. The Morgan fingerprint density at radius 2 is 1.67 bits per heavy atom. The Labute approximate surface area is 176 Å². The van der Waals surface area contributed by atoms with Crippen LogP contribution in [0.1, 0.15) is 52.3 Å². The molecule has 0 saturated carbocycles. The fourth-order valence-corrected chi connectivity index (χ4v) is 3.95. The number of amides is 1. The number of hydrogen-bond donors (Lipinski definition) is 1. The molecule has 2 heterocycles. The summed E-state index contributed by atoms with van der Waals surface area (Å²) in [5.41, 5.74) is 2.70. The fraction of sp³-hybridized carbons (Fsp3) is 0.280. The Kier molecular flexibility index (Phi) is 6.10. The van der Waals surface area contributed by atoms with Crippen LogP contribution in [0.15, 0.2) is 71.1 Å². The van der Waals surface area contributed by atoms with E-state index in [2.05, 4.69) is 22.3 Å². The Morgan fingerprint density at radius 3 is 2.33 bits per heavy atom. The average Bonchev–Trinajstić information content (AvgIpc) is 3.47. The van der Waals surface area contributed by atoms with Gasteiger partial charge in [-0.15, -0.1) is 0 Å². The molecule has 1 aromatic heterocycles. The van der Waals surface area contributed by atoms with Gasteiger partial charge in [-0.1, -0.05) is 54.6 Å². The van der Waals surface area contributed by atoms with Crippen LogP contribution in [0, 0.1) is 0 Å². The van der Waals surface area contributed by atoms with E-state index in [1.165, 1.54) is 25.3 Å². The third-order valence-electron chi connectivity index (χ3n) is 5.63. The van der Waals surface area contributed by atoms with Crippen LogP contribution >= 0.6 is 0 Å². The number of hydrogen-bond acceptors (Lipinski definition) is 4. The summed E-state index contributed by atoms with van der Waals surface area (Å²) in [6.45, 7) is 4.18. The number of carbonyl (C=O) groups excluding carboxylic acids is 2. The number of carbonyl (C=O) groups is 2. The summed E-state index contributed by atoms with van der Waals surface area (Å²) in [5, 5.41) is 3.04. The van der Waals surface area contributed by atoms with Crippen LogP contribution in [0.2, 0.25) is 0 Å². The molecule has 2 aromatic carbocycles. The number of rotatable bonds is 7. The Balaban J connectivity index is 1.44. The third-order valence-corrected chi connectivity index (χ3v) is 5.63. The minimum absolute atomic E-state index is 0.0204. The molecule has 1 aliphatic rings. The van der Waals surface area contributed by atoms with Gasteiger partial charge in [-0.25, -0.2) is 0 Å². The molecule has 5 heteroatoms. The number of furan rings is 1. The molecule has 1 aliphatic heterocycles. The number of ketones is 1. The summed E-state index contributed by atoms with van der Waals surface area (Å²) in [7, 11) is 0. The first-order valence-electron chi connectivity index (χ1n) is 10.4. The van der Waals surface area contributed by atoms with Crippen LogP contribution in [-0.4, -0.2) is 36.2 Å². The maximum Gasteiger partial charge on any atom is 0.287 e. The van der Waals surface area contributed by atoms with Gasteiger partial charge < -0.3 is 9.73 Å². The molecule has 1 N–H and O–H groups in total. The van der Waals surface area contributed by atoms with Crippen LogP contribution < -0.4 is 5.32 Å². The van der Waals surface area contributed by atoms with Crippen LogP contribution in [0.5, 0.6) is 0 Å². The lowest BCUT2D eigenvalue weighted by Gasteiger charge is -2.28. The van der Waals surface area contributed by atoms with Gasteiger partial charge in [0.05, 0.1) is 6.04 Å². The second kappa shape index (κ2) is 9.09. The highest BCUT2D eigenvalue weighted by Crippen LogP contribution is 2.25. The predicted molar refractivity (Wildman–Crippen MR) is 116 cm³/mol. The number of nitrogens with zero attached hydrogens (tertiary/aromatic N) is 1. The summed E-state index contributed by atoms with van der Waals surface area (Å²) in [6, 6.07) is 21.1. The van der Waals surface area contributed by atoms with Gasteiger partial charge in [0.15, 0.2) is 11.5 Å². The quantitative estimate of drug-likeness (QED) is 0.581. The number of benzene rings is 2. The van der Waals surface area contributed by atoms with E-state index in [0.717, 1.165) is 18.7 Å². The molecule has 3 aromatic rings. The van der Waals surface area contributed by atoms with Gasteiger partial charge in [0.25, 0.3) is 5.91 Å². The lowest BCUT2D eigenvalue weighted by molar-refractivity contribution is 0.0910. The Hall–Kier alpha value is -3.18. The Morgan fingerprint density at radius 1 is 0.967 bits per heavy atom. The van der Waals surface area contributed by atoms with Crippen molar-refractivity contribution < 1.29 is 14.0 Å². The molecule has 154 valence electrons. The highest BCUT2D eigenvalue weighted by atomic mass is 16.3. The van der Waals surface area contributed by atoms with Crippen molar-refractivity contribution in [1.29, 1.82) is 0 Å². The summed E-state index contributed by atoms with van der Waals surface area (Å²) in [5.74, 6) is 0.692.